The molecule has 0 aliphatic heterocycles. The number of anilines is 1. The summed E-state index contributed by atoms with van der Waals surface area (Å²) < 4.78 is 5.80. The number of halogens is 1. The van der Waals surface area contributed by atoms with Crippen LogP contribution < -0.4 is 15.4 Å². The van der Waals surface area contributed by atoms with E-state index in [9.17, 15) is 14.9 Å². The average Bonchev–Trinajstić information content (AvgIpc) is 2.58. The SMILES string of the molecule is COc1ccc(C(=O)NCCNc2ccccc2[N+](=O)[O-])cc1Br. The van der Waals surface area contributed by atoms with Gasteiger partial charge in [-0.15, -0.1) is 0 Å². The number of amides is 1. The molecule has 0 aliphatic carbocycles. The summed E-state index contributed by atoms with van der Waals surface area (Å²) in [5.74, 6) is 0.410. The summed E-state index contributed by atoms with van der Waals surface area (Å²) in [7, 11) is 1.55. The van der Waals surface area contributed by atoms with Crippen molar-refractivity contribution >= 4 is 33.2 Å². The van der Waals surface area contributed by atoms with Crippen molar-refractivity contribution in [2.24, 2.45) is 0 Å². The van der Waals surface area contributed by atoms with E-state index in [1.807, 2.05) is 0 Å². The molecule has 2 rings (SSSR count). The van der Waals surface area contributed by atoms with Crippen LogP contribution in [0.15, 0.2) is 46.9 Å². The van der Waals surface area contributed by atoms with Crippen molar-refractivity contribution in [3.63, 3.8) is 0 Å². The van der Waals surface area contributed by atoms with Crippen LogP contribution in [0.2, 0.25) is 0 Å². The van der Waals surface area contributed by atoms with E-state index < -0.39 is 4.92 Å². The summed E-state index contributed by atoms with van der Waals surface area (Å²) in [4.78, 5) is 22.5. The summed E-state index contributed by atoms with van der Waals surface area (Å²) in [6.07, 6.45) is 0. The lowest BCUT2D eigenvalue weighted by Crippen LogP contribution is -2.28. The Bertz CT molecular complexity index is 752. The van der Waals surface area contributed by atoms with E-state index in [1.54, 1.807) is 43.5 Å². The first kappa shape index (κ1) is 17.7. The smallest absolute Gasteiger partial charge is 0.292 e. The third-order valence-corrected chi connectivity index (χ3v) is 3.86. The lowest BCUT2D eigenvalue weighted by Gasteiger charge is -2.09. The minimum Gasteiger partial charge on any atom is -0.496 e. The molecule has 2 N–H and O–H groups in total. The van der Waals surface area contributed by atoms with Gasteiger partial charge in [-0.05, 0) is 40.2 Å². The first-order chi connectivity index (χ1) is 11.5. The van der Waals surface area contributed by atoms with Crippen molar-refractivity contribution in [2.45, 2.75) is 0 Å². The molecular formula is C16H16BrN3O4. The number of methoxy groups -OCH3 is 1. The largest absolute Gasteiger partial charge is 0.496 e. The van der Waals surface area contributed by atoms with Gasteiger partial charge in [0.05, 0.1) is 16.5 Å². The highest BCUT2D eigenvalue weighted by molar-refractivity contribution is 9.10. The molecule has 8 heteroatoms. The number of rotatable bonds is 7. The predicted octanol–water partition coefficient (Wildman–Crippen LogP) is 3.21. The van der Waals surface area contributed by atoms with Gasteiger partial charge in [0.2, 0.25) is 0 Å². The van der Waals surface area contributed by atoms with E-state index in [0.29, 0.717) is 34.6 Å². The lowest BCUT2D eigenvalue weighted by atomic mass is 10.2. The van der Waals surface area contributed by atoms with Crippen LogP contribution >= 0.6 is 15.9 Å². The monoisotopic (exact) mass is 393 g/mol. The standard InChI is InChI=1S/C16H16BrN3O4/c1-24-15-7-6-11(10-12(15)17)16(21)19-9-8-18-13-4-2-3-5-14(13)20(22)23/h2-7,10,18H,8-9H2,1H3,(H,19,21). The molecule has 0 aromatic heterocycles. The third-order valence-electron chi connectivity index (χ3n) is 3.24. The van der Waals surface area contributed by atoms with Crippen LogP contribution in [-0.2, 0) is 0 Å². The van der Waals surface area contributed by atoms with Crippen LogP contribution in [0.5, 0.6) is 5.75 Å². The Kier molecular flexibility index (Phi) is 6.14. The molecular weight excluding hydrogens is 378 g/mol. The number of ether oxygens (including phenoxy) is 1. The molecule has 0 atom stereocenters. The molecule has 2 aromatic rings. The number of hydrogen-bond acceptors (Lipinski definition) is 5. The van der Waals surface area contributed by atoms with Gasteiger partial charge in [0.1, 0.15) is 11.4 Å². The van der Waals surface area contributed by atoms with Crippen LogP contribution in [0.3, 0.4) is 0 Å². The zero-order valence-electron chi connectivity index (χ0n) is 12.9. The van der Waals surface area contributed by atoms with Gasteiger partial charge in [0, 0.05) is 24.7 Å². The Morgan fingerprint density at radius 2 is 2.00 bits per heavy atom. The van der Waals surface area contributed by atoms with E-state index in [-0.39, 0.29) is 11.6 Å². The number of nitro benzene ring substituents is 1. The number of carbonyl (C=O) groups is 1. The Morgan fingerprint density at radius 1 is 1.25 bits per heavy atom. The summed E-state index contributed by atoms with van der Waals surface area (Å²) in [5, 5.41) is 16.6. The lowest BCUT2D eigenvalue weighted by molar-refractivity contribution is -0.384. The highest BCUT2D eigenvalue weighted by Gasteiger charge is 2.12. The Labute approximate surface area is 147 Å². The van der Waals surface area contributed by atoms with E-state index in [2.05, 4.69) is 26.6 Å². The highest BCUT2D eigenvalue weighted by atomic mass is 79.9. The maximum absolute atomic E-state index is 12.1. The maximum atomic E-state index is 12.1. The number of nitrogens with one attached hydrogen (secondary N) is 2. The van der Waals surface area contributed by atoms with E-state index >= 15 is 0 Å². The molecule has 0 radical (unpaired) electrons. The second-order valence-corrected chi connectivity index (χ2v) is 5.66. The topological polar surface area (TPSA) is 93.5 Å². The van der Waals surface area contributed by atoms with Crippen LogP contribution in [0.25, 0.3) is 0 Å². The van der Waals surface area contributed by atoms with Gasteiger partial charge in [0.15, 0.2) is 0 Å². The van der Waals surface area contributed by atoms with Gasteiger partial charge in [-0.25, -0.2) is 0 Å². The molecule has 0 unspecified atom stereocenters. The average molecular weight is 394 g/mol. The summed E-state index contributed by atoms with van der Waals surface area (Å²) in [6, 6.07) is 11.4. The van der Waals surface area contributed by atoms with Gasteiger partial charge >= 0.3 is 0 Å². The Morgan fingerprint density at radius 3 is 2.67 bits per heavy atom. The summed E-state index contributed by atoms with van der Waals surface area (Å²) >= 11 is 3.33. The van der Waals surface area contributed by atoms with Crippen molar-refractivity contribution < 1.29 is 14.5 Å². The van der Waals surface area contributed by atoms with Crippen LogP contribution in [0.4, 0.5) is 11.4 Å². The van der Waals surface area contributed by atoms with Crippen molar-refractivity contribution in [2.75, 3.05) is 25.5 Å². The molecule has 2 aromatic carbocycles. The van der Waals surface area contributed by atoms with Crippen LogP contribution in [-0.4, -0.2) is 31.0 Å². The van der Waals surface area contributed by atoms with Crippen LogP contribution in [0, 0.1) is 10.1 Å². The quantitative estimate of drug-likeness (QED) is 0.427. The zero-order valence-corrected chi connectivity index (χ0v) is 14.5. The minimum absolute atomic E-state index is 0.00270. The molecule has 0 spiro atoms. The van der Waals surface area contributed by atoms with Crippen molar-refractivity contribution in [1.82, 2.24) is 5.32 Å². The minimum atomic E-state index is -0.449. The van der Waals surface area contributed by atoms with Gasteiger partial charge in [0.25, 0.3) is 11.6 Å². The third kappa shape index (κ3) is 4.45. The first-order valence-electron chi connectivity index (χ1n) is 7.12. The molecule has 0 heterocycles. The molecule has 7 nitrogen and oxygen atoms in total. The molecule has 1 amide bonds. The predicted molar refractivity (Wildman–Crippen MR) is 94.6 cm³/mol. The van der Waals surface area contributed by atoms with Gasteiger partial charge < -0.3 is 15.4 Å². The van der Waals surface area contributed by atoms with Crippen LogP contribution in [0.1, 0.15) is 10.4 Å². The maximum Gasteiger partial charge on any atom is 0.292 e. The number of benzene rings is 2. The second-order valence-electron chi connectivity index (χ2n) is 4.81. The van der Waals surface area contributed by atoms with Gasteiger partial charge in [-0.3, -0.25) is 14.9 Å². The van der Waals surface area contributed by atoms with Crippen molar-refractivity contribution in [3.05, 3.63) is 62.6 Å². The summed E-state index contributed by atoms with van der Waals surface area (Å²) in [6.45, 7) is 0.697. The Hall–Kier alpha value is -2.61. The first-order valence-corrected chi connectivity index (χ1v) is 7.91. The number of carbonyl (C=O) groups excluding carboxylic acids is 1. The molecule has 126 valence electrons. The van der Waals surface area contributed by atoms with E-state index in [1.165, 1.54) is 6.07 Å². The zero-order chi connectivity index (χ0) is 17.5. The number of para-hydroxylation sites is 2. The number of nitro groups is 1. The van der Waals surface area contributed by atoms with E-state index in [0.717, 1.165) is 0 Å². The summed E-state index contributed by atoms with van der Waals surface area (Å²) in [5.41, 5.74) is 0.917. The normalized spacial score (nSPS) is 10.1. The molecule has 0 fully saturated rings. The number of nitrogens with zero attached hydrogens (tertiary/aromatic N) is 1. The molecule has 0 saturated carbocycles. The second kappa shape index (κ2) is 8.30. The highest BCUT2D eigenvalue weighted by Crippen LogP contribution is 2.25. The van der Waals surface area contributed by atoms with Gasteiger partial charge in [-0.2, -0.15) is 0 Å². The van der Waals surface area contributed by atoms with E-state index in [4.69, 9.17) is 4.74 Å². The molecule has 0 bridgehead atoms. The molecule has 0 aliphatic rings. The van der Waals surface area contributed by atoms with Crippen molar-refractivity contribution in [1.29, 1.82) is 0 Å². The molecule has 24 heavy (non-hydrogen) atoms. The fourth-order valence-electron chi connectivity index (χ4n) is 2.07. The fraction of sp³-hybridized carbons (Fsp3) is 0.188. The van der Waals surface area contributed by atoms with Crippen molar-refractivity contribution in [3.8, 4) is 5.75 Å². The fourth-order valence-corrected chi connectivity index (χ4v) is 2.61. The van der Waals surface area contributed by atoms with Gasteiger partial charge in [-0.1, -0.05) is 12.1 Å². The number of hydrogen-bond donors (Lipinski definition) is 2. The molecule has 0 saturated heterocycles. The Balaban J connectivity index is 1.87.